The van der Waals surface area contributed by atoms with Crippen molar-refractivity contribution in [2.24, 2.45) is 0 Å². The first-order valence-electron chi connectivity index (χ1n) is 9.96. The van der Waals surface area contributed by atoms with E-state index in [1.807, 2.05) is 19.1 Å². The largest absolute Gasteiger partial charge is 0.465 e. The molecule has 1 heterocycles. The van der Waals surface area contributed by atoms with E-state index in [-0.39, 0.29) is 42.3 Å². The van der Waals surface area contributed by atoms with Crippen LogP contribution in [-0.2, 0) is 27.5 Å². The summed E-state index contributed by atoms with van der Waals surface area (Å²) in [6, 6.07) is 11.0. The van der Waals surface area contributed by atoms with E-state index in [1.54, 1.807) is 12.1 Å². The summed E-state index contributed by atoms with van der Waals surface area (Å²) in [4.78, 5) is 27.8. The van der Waals surface area contributed by atoms with Gasteiger partial charge in [-0.25, -0.2) is 22.4 Å². The third-order valence-corrected chi connectivity index (χ3v) is 6.91. The summed E-state index contributed by atoms with van der Waals surface area (Å²) in [5, 5.41) is 0. The first kappa shape index (κ1) is 22.7. The Labute approximate surface area is 181 Å². The van der Waals surface area contributed by atoms with Crippen LogP contribution < -0.4 is 4.90 Å². The van der Waals surface area contributed by atoms with Crippen molar-refractivity contribution in [3.63, 3.8) is 0 Å². The lowest BCUT2D eigenvalue weighted by molar-refractivity contribution is 0.0600. The minimum absolute atomic E-state index is 0.0686. The Kier molecular flexibility index (Phi) is 6.94. The van der Waals surface area contributed by atoms with Gasteiger partial charge in [-0.15, -0.1) is 0 Å². The first-order valence-corrected chi connectivity index (χ1v) is 11.8. The van der Waals surface area contributed by atoms with E-state index >= 15 is 0 Å². The molecule has 0 bridgehead atoms. The zero-order chi connectivity index (χ0) is 22.6. The Balaban J connectivity index is 1.90. The number of anilines is 1. The maximum atomic E-state index is 14.7. The minimum atomic E-state index is -3.15. The van der Waals surface area contributed by atoms with Gasteiger partial charge < -0.3 is 9.64 Å². The van der Waals surface area contributed by atoms with Crippen LogP contribution in [0.25, 0.3) is 0 Å². The third kappa shape index (κ3) is 5.41. The van der Waals surface area contributed by atoms with Gasteiger partial charge in [0.05, 0.1) is 30.7 Å². The number of urea groups is 1. The fraction of sp³-hybridized carbons (Fsp3) is 0.364. The van der Waals surface area contributed by atoms with E-state index in [0.29, 0.717) is 5.69 Å². The predicted molar refractivity (Wildman–Crippen MR) is 115 cm³/mol. The number of hydrogen-bond acceptors (Lipinski definition) is 5. The Morgan fingerprint density at radius 1 is 1.10 bits per heavy atom. The predicted octanol–water partition coefficient (Wildman–Crippen LogP) is 3.03. The second kappa shape index (κ2) is 9.47. The van der Waals surface area contributed by atoms with Crippen molar-refractivity contribution in [1.29, 1.82) is 0 Å². The molecule has 1 aliphatic heterocycles. The van der Waals surface area contributed by atoms with Gasteiger partial charge in [0.25, 0.3) is 0 Å². The minimum Gasteiger partial charge on any atom is -0.465 e. The zero-order valence-corrected chi connectivity index (χ0v) is 18.3. The number of carbonyl (C=O) groups is 2. The monoisotopic (exact) mass is 448 g/mol. The maximum Gasteiger partial charge on any atom is 0.337 e. The molecule has 0 radical (unpaired) electrons. The van der Waals surface area contributed by atoms with Crippen LogP contribution in [0.4, 0.5) is 14.9 Å². The summed E-state index contributed by atoms with van der Waals surface area (Å²) in [6.07, 6.45) is 0.835. The molecule has 1 fully saturated rings. The van der Waals surface area contributed by atoms with Crippen LogP contribution in [0.15, 0.2) is 42.5 Å². The number of methoxy groups -OCH3 is 1. The molecule has 0 spiro atoms. The molecule has 1 saturated heterocycles. The standard InChI is InChI=1S/C22H25FN2O5S/c1-3-16-4-8-19(9-5-16)25(22(27)24-10-12-31(28,29)13-11-24)15-18-7-6-17(14-20(18)23)21(26)30-2/h4-9,14H,3,10-13,15H2,1-2H3. The second-order valence-corrected chi connectivity index (χ2v) is 9.63. The molecule has 0 N–H and O–H groups in total. The highest BCUT2D eigenvalue weighted by molar-refractivity contribution is 7.91. The molecule has 7 nitrogen and oxygen atoms in total. The molecule has 0 saturated carbocycles. The number of nitrogens with zero attached hydrogens (tertiary/aromatic N) is 2. The average molecular weight is 449 g/mol. The molecular weight excluding hydrogens is 423 g/mol. The molecule has 9 heteroatoms. The molecule has 0 aromatic heterocycles. The van der Waals surface area contributed by atoms with Crippen molar-refractivity contribution in [3.05, 3.63) is 65.0 Å². The van der Waals surface area contributed by atoms with Gasteiger partial charge in [0.1, 0.15) is 5.82 Å². The molecule has 166 valence electrons. The third-order valence-electron chi connectivity index (χ3n) is 5.30. The maximum absolute atomic E-state index is 14.7. The van der Waals surface area contributed by atoms with Gasteiger partial charge in [-0.05, 0) is 36.2 Å². The fourth-order valence-corrected chi connectivity index (χ4v) is 4.55. The van der Waals surface area contributed by atoms with Crippen LogP contribution >= 0.6 is 0 Å². The van der Waals surface area contributed by atoms with Crippen LogP contribution in [0.5, 0.6) is 0 Å². The van der Waals surface area contributed by atoms with Crippen molar-refractivity contribution in [1.82, 2.24) is 4.90 Å². The van der Waals surface area contributed by atoms with E-state index in [9.17, 15) is 22.4 Å². The quantitative estimate of drug-likeness (QED) is 0.657. The van der Waals surface area contributed by atoms with Crippen molar-refractivity contribution in [2.45, 2.75) is 19.9 Å². The number of carbonyl (C=O) groups excluding carboxylic acids is 2. The van der Waals surface area contributed by atoms with Crippen LogP contribution in [0.2, 0.25) is 0 Å². The number of ether oxygens (including phenoxy) is 1. The van der Waals surface area contributed by atoms with E-state index in [0.717, 1.165) is 18.1 Å². The van der Waals surface area contributed by atoms with Crippen molar-refractivity contribution < 1.29 is 27.1 Å². The Hall–Kier alpha value is -2.94. The van der Waals surface area contributed by atoms with E-state index in [4.69, 9.17) is 0 Å². The number of hydrogen-bond donors (Lipinski definition) is 0. The van der Waals surface area contributed by atoms with E-state index < -0.39 is 27.7 Å². The summed E-state index contributed by atoms with van der Waals surface area (Å²) in [6.45, 7) is 2.13. The van der Waals surface area contributed by atoms with Crippen molar-refractivity contribution in [2.75, 3.05) is 36.6 Å². The van der Waals surface area contributed by atoms with Crippen LogP contribution in [0.1, 0.15) is 28.4 Å². The molecule has 2 amide bonds. The number of esters is 1. The molecule has 0 unspecified atom stereocenters. The lowest BCUT2D eigenvalue weighted by atomic mass is 10.1. The lowest BCUT2D eigenvalue weighted by Gasteiger charge is -2.33. The number of rotatable bonds is 5. The van der Waals surface area contributed by atoms with Gasteiger partial charge in [-0.3, -0.25) is 4.90 Å². The van der Waals surface area contributed by atoms with Gasteiger partial charge in [-0.2, -0.15) is 0 Å². The SMILES string of the molecule is CCc1ccc(N(Cc2ccc(C(=O)OC)cc2F)C(=O)N2CCS(=O)(=O)CC2)cc1. The molecule has 0 aliphatic carbocycles. The van der Waals surface area contributed by atoms with Gasteiger partial charge in [-0.1, -0.05) is 25.1 Å². The normalized spacial score (nSPS) is 15.4. The van der Waals surface area contributed by atoms with Gasteiger partial charge in [0, 0.05) is 24.3 Å². The van der Waals surface area contributed by atoms with Crippen molar-refractivity contribution >= 4 is 27.5 Å². The van der Waals surface area contributed by atoms with Crippen LogP contribution in [0, 0.1) is 5.82 Å². The number of sulfone groups is 1. The van der Waals surface area contributed by atoms with Crippen LogP contribution in [0.3, 0.4) is 0 Å². The first-order chi connectivity index (χ1) is 14.7. The number of aryl methyl sites for hydroxylation is 1. The van der Waals surface area contributed by atoms with Gasteiger partial charge in [0.2, 0.25) is 0 Å². The lowest BCUT2D eigenvalue weighted by Crippen LogP contribution is -2.49. The molecule has 2 aromatic rings. The highest BCUT2D eigenvalue weighted by atomic mass is 32.2. The summed E-state index contributed by atoms with van der Waals surface area (Å²) in [7, 11) is -1.93. The Bertz CT molecular complexity index is 1060. The van der Waals surface area contributed by atoms with Crippen LogP contribution in [-0.4, -0.2) is 57.0 Å². The highest BCUT2D eigenvalue weighted by Gasteiger charge is 2.29. The van der Waals surface area contributed by atoms with E-state index in [2.05, 4.69) is 4.74 Å². The molecule has 2 aromatic carbocycles. The van der Waals surface area contributed by atoms with E-state index in [1.165, 1.54) is 29.0 Å². The summed E-state index contributed by atoms with van der Waals surface area (Å²) < 4.78 is 42.8. The second-order valence-electron chi connectivity index (χ2n) is 7.33. The number of halogens is 1. The molecule has 31 heavy (non-hydrogen) atoms. The van der Waals surface area contributed by atoms with Crippen molar-refractivity contribution in [3.8, 4) is 0 Å². The van der Waals surface area contributed by atoms with Gasteiger partial charge in [0.15, 0.2) is 9.84 Å². The Morgan fingerprint density at radius 3 is 2.29 bits per heavy atom. The summed E-state index contributed by atoms with van der Waals surface area (Å²) in [5.41, 5.74) is 1.97. The topological polar surface area (TPSA) is 84.0 Å². The molecule has 0 atom stereocenters. The highest BCUT2D eigenvalue weighted by Crippen LogP contribution is 2.23. The number of benzene rings is 2. The average Bonchev–Trinajstić information content (AvgIpc) is 2.77. The zero-order valence-electron chi connectivity index (χ0n) is 17.5. The summed E-state index contributed by atoms with van der Waals surface area (Å²) in [5.74, 6) is -1.47. The molecule has 3 rings (SSSR count). The fourth-order valence-electron chi connectivity index (χ4n) is 3.35. The smallest absolute Gasteiger partial charge is 0.337 e. The Morgan fingerprint density at radius 2 is 1.74 bits per heavy atom. The molecular formula is C22H25FN2O5S. The number of amides is 2. The molecule has 1 aliphatic rings. The van der Waals surface area contributed by atoms with Gasteiger partial charge >= 0.3 is 12.0 Å². The summed E-state index contributed by atoms with van der Waals surface area (Å²) >= 11 is 0.